The van der Waals surface area contributed by atoms with E-state index in [1.54, 1.807) is 0 Å². The zero-order valence-corrected chi connectivity index (χ0v) is 11.4. The SMILES string of the molecule is CC1CN(C)C(CCO)CN(C2CCCC2)C1. The second-order valence-corrected chi connectivity index (χ2v) is 6.10. The molecule has 2 aliphatic rings. The highest BCUT2D eigenvalue weighted by molar-refractivity contribution is 4.86. The first-order chi connectivity index (χ1) is 8.20. The summed E-state index contributed by atoms with van der Waals surface area (Å²) in [6, 6.07) is 1.37. The van der Waals surface area contributed by atoms with E-state index in [1.807, 2.05) is 0 Å². The number of aliphatic hydroxyl groups is 1. The van der Waals surface area contributed by atoms with Gasteiger partial charge in [-0.25, -0.2) is 0 Å². The topological polar surface area (TPSA) is 26.7 Å². The third-order valence-electron chi connectivity index (χ3n) is 4.52. The summed E-state index contributed by atoms with van der Waals surface area (Å²) < 4.78 is 0. The van der Waals surface area contributed by atoms with Crippen LogP contribution in [0.15, 0.2) is 0 Å². The average molecular weight is 240 g/mol. The molecule has 1 aliphatic heterocycles. The summed E-state index contributed by atoms with van der Waals surface area (Å²) in [6.45, 7) is 6.26. The highest BCUT2D eigenvalue weighted by Crippen LogP contribution is 2.26. The van der Waals surface area contributed by atoms with E-state index >= 15 is 0 Å². The van der Waals surface area contributed by atoms with Crippen molar-refractivity contribution in [2.45, 2.75) is 51.1 Å². The van der Waals surface area contributed by atoms with E-state index in [4.69, 9.17) is 0 Å². The molecule has 1 saturated carbocycles. The van der Waals surface area contributed by atoms with Crippen LogP contribution in [0, 0.1) is 5.92 Å². The Morgan fingerprint density at radius 1 is 1.12 bits per heavy atom. The molecular formula is C14H28N2O. The number of aliphatic hydroxyl groups excluding tert-OH is 1. The van der Waals surface area contributed by atoms with Crippen molar-refractivity contribution >= 4 is 0 Å². The number of rotatable bonds is 3. The van der Waals surface area contributed by atoms with Crippen LogP contribution in [0.1, 0.15) is 39.0 Å². The molecule has 100 valence electrons. The van der Waals surface area contributed by atoms with Gasteiger partial charge in [0.25, 0.3) is 0 Å². The normalized spacial score (nSPS) is 34.1. The van der Waals surface area contributed by atoms with Gasteiger partial charge in [-0.3, -0.25) is 4.90 Å². The van der Waals surface area contributed by atoms with Crippen molar-refractivity contribution in [3.8, 4) is 0 Å². The Labute approximate surface area is 106 Å². The second-order valence-electron chi connectivity index (χ2n) is 6.10. The van der Waals surface area contributed by atoms with Gasteiger partial charge in [-0.15, -0.1) is 0 Å². The van der Waals surface area contributed by atoms with Crippen LogP contribution in [-0.4, -0.2) is 60.3 Å². The van der Waals surface area contributed by atoms with Crippen molar-refractivity contribution < 1.29 is 5.11 Å². The molecule has 3 nitrogen and oxygen atoms in total. The Morgan fingerprint density at radius 3 is 2.47 bits per heavy atom. The Hall–Kier alpha value is -0.120. The monoisotopic (exact) mass is 240 g/mol. The van der Waals surface area contributed by atoms with Crippen LogP contribution in [-0.2, 0) is 0 Å². The van der Waals surface area contributed by atoms with E-state index in [0.29, 0.717) is 12.6 Å². The first kappa shape index (κ1) is 13.3. The van der Waals surface area contributed by atoms with Crippen molar-refractivity contribution in [3.05, 3.63) is 0 Å². The van der Waals surface area contributed by atoms with Crippen LogP contribution >= 0.6 is 0 Å². The van der Waals surface area contributed by atoms with Gasteiger partial charge in [0.1, 0.15) is 0 Å². The van der Waals surface area contributed by atoms with Gasteiger partial charge in [0.05, 0.1) is 0 Å². The minimum Gasteiger partial charge on any atom is -0.396 e. The van der Waals surface area contributed by atoms with Gasteiger partial charge >= 0.3 is 0 Å². The highest BCUT2D eigenvalue weighted by Gasteiger charge is 2.30. The third-order valence-corrected chi connectivity index (χ3v) is 4.52. The van der Waals surface area contributed by atoms with Crippen molar-refractivity contribution in [2.24, 2.45) is 5.92 Å². The van der Waals surface area contributed by atoms with E-state index in [2.05, 4.69) is 23.8 Å². The summed E-state index contributed by atoms with van der Waals surface area (Å²) in [5.74, 6) is 0.754. The molecule has 0 amide bonds. The van der Waals surface area contributed by atoms with Crippen molar-refractivity contribution in [2.75, 3.05) is 33.3 Å². The molecule has 2 rings (SSSR count). The number of likely N-dealkylation sites (N-methyl/N-ethyl adjacent to an activating group) is 1. The minimum absolute atomic E-state index is 0.321. The van der Waals surface area contributed by atoms with Gasteiger partial charge < -0.3 is 10.0 Å². The molecule has 1 heterocycles. The van der Waals surface area contributed by atoms with Crippen LogP contribution < -0.4 is 0 Å². The molecule has 1 saturated heterocycles. The van der Waals surface area contributed by atoms with Gasteiger partial charge in [-0.05, 0) is 32.2 Å². The van der Waals surface area contributed by atoms with Gasteiger partial charge in [0.2, 0.25) is 0 Å². The van der Waals surface area contributed by atoms with Gasteiger partial charge in [0.15, 0.2) is 0 Å². The zero-order chi connectivity index (χ0) is 12.3. The predicted molar refractivity (Wildman–Crippen MR) is 71.1 cm³/mol. The maximum absolute atomic E-state index is 9.20. The summed E-state index contributed by atoms with van der Waals surface area (Å²) in [4.78, 5) is 5.16. The maximum Gasteiger partial charge on any atom is 0.0446 e. The van der Waals surface area contributed by atoms with Crippen molar-refractivity contribution in [1.29, 1.82) is 0 Å². The molecule has 1 aliphatic carbocycles. The number of hydrogen-bond donors (Lipinski definition) is 1. The predicted octanol–water partition coefficient (Wildman–Crippen LogP) is 1.56. The van der Waals surface area contributed by atoms with E-state index < -0.39 is 0 Å². The minimum atomic E-state index is 0.321. The quantitative estimate of drug-likeness (QED) is 0.811. The molecule has 0 bridgehead atoms. The van der Waals surface area contributed by atoms with Crippen LogP contribution in [0.25, 0.3) is 0 Å². The summed E-state index contributed by atoms with van der Waals surface area (Å²) in [5.41, 5.74) is 0. The first-order valence-corrected chi connectivity index (χ1v) is 7.26. The molecule has 3 heteroatoms. The van der Waals surface area contributed by atoms with Crippen LogP contribution in [0.2, 0.25) is 0 Å². The lowest BCUT2D eigenvalue weighted by Gasteiger charge is -2.32. The second kappa shape index (κ2) is 6.17. The van der Waals surface area contributed by atoms with Crippen LogP contribution in [0.3, 0.4) is 0 Å². The zero-order valence-electron chi connectivity index (χ0n) is 11.4. The number of nitrogens with zero attached hydrogens (tertiary/aromatic N) is 2. The molecule has 2 fully saturated rings. The van der Waals surface area contributed by atoms with E-state index in [9.17, 15) is 5.11 Å². The Morgan fingerprint density at radius 2 is 1.82 bits per heavy atom. The third kappa shape index (κ3) is 3.43. The Balaban J connectivity index is 1.99. The van der Waals surface area contributed by atoms with Crippen molar-refractivity contribution in [3.63, 3.8) is 0 Å². The molecular weight excluding hydrogens is 212 g/mol. The Bertz CT molecular complexity index is 228. The summed E-state index contributed by atoms with van der Waals surface area (Å²) in [5, 5.41) is 9.20. The fraction of sp³-hybridized carbons (Fsp3) is 1.00. The lowest BCUT2D eigenvalue weighted by molar-refractivity contribution is 0.141. The van der Waals surface area contributed by atoms with Gasteiger partial charge in [-0.2, -0.15) is 0 Å². The molecule has 0 radical (unpaired) electrons. The molecule has 17 heavy (non-hydrogen) atoms. The Kier molecular flexibility index (Phi) is 4.83. The molecule has 0 aromatic rings. The van der Waals surface area contributed by atoms with E-state index in [1.165, 1.54) is 38.8 Å². The number of hydrogen-bond acceptors (Lipinski definition) is 3. The summed E-state index contributed by atoms with van der Waals surface area (Å²) in [7, 11) is 2.22. The molecule has 0 aromatic carbocycles. The molecule has 2 unspecified atom stereocenters. The first-order valence-electron chi connectivity index (χ1n) is 7.26. The van der Waals surface area contributed by atoms with E-state index in [-0.39, 0.29) is 0 Å². The largest absolute Gasteiger partial charge is 0.396 e. The maximum atomic E-state index is 9.20. The lowest BCUT2D eigenvalue weighted by atomic mass is 10.1. The molecule has 0 aromatic heterocycles. The van der Waals surface area contributed by atoms with Crippen LogP contribution in [0.4, 0.5) is 0 Å². The molecule has 1 N–H and O–H groups in total. The summed E-state index contributed by atoms with van der Waals surface area (Å²) in [6.07, 6.45) is 6.53. The smallest absolute Gasteiger partial charge is 0.0446 e. The highest BCUT2D eigenvalue weighted by atomic mass is 16.3. The van der Waals surface area contributed by atoms with Gasteiger partial charge in [0, 0.05) is 38.3 Å². The van der Waals surface area contributed by atoms with Gasteiger partial charge in [-0.1, -0.05) is 19.8 Å². The average Bonchev–Trinajstić information content (AvgIpc) is 2.76. The lowest BCUT2D eigenvalue weighted by Crippen LogP contribution is -2.42. The fourth-order valence-corrected chi connectivity index (χ4v) is 3.61. The van der Waals surface area contributed by atoms with E-state index in [0.717, 1.165) is 24.9 Å². The molecule has 0 spiro atoms. The van der Waals surface area contributed by atoms with Crippen LogP contribution in [0.5, 0.6) is 0 Å². The molecule has 2 atom stereocenters. The summed E-state index contributed by atoms with van der Waals surface area (Å²) >= 11 is 0. The fourth-order valence-electron chi connectivity index (χ4n) is 3.61. The van der Waals surface area contributed by atoms with Crippen molar-refractivity contribution in [1.82, 2.24) is 9.80 Å². The standard InChI is InChI=1S/C14H28N2O/c1-12-9-15(2)14(7-8-17)11-16(10-12)13-5-3-4-6-13/h12-14,17H,3-11H2,1-2H3.